The second-order valence-corrected chi connectivity index (χ2v) is 3.71. The third kappa shape index (κ3) is 1.35. The van der Waals surface area contributed by atoms with Crippen molar-refractivity contribution in [1.82, 2.24) is 0 Å². The summed E-state index contributed by atoms with van der Waals surface area (Å²) in [6, 6.07) is 2.92. The summed E-state index contributed by atoms with van der Waals surface area (Å²) in [5.41, 5.74) is 0. The van der Waals surface area contributed by atoms with Gasteiger partial charge in [0.25, 0.3) is 0 Å². The Morgan fingerprint density at radius 3 is 2.93 bits per heavy atom. The van der Waals surface area contributed by atoms with Crippen LogP contribution >= 0.6 is 11.3 Å². The minimum absolute atomic E-state index is 0.253. The van der Waals surface area contributed by atoms with Crippen LogP contribution in [0.5, 0.6) is 5.75 Å². The quantitative estimate of drug-likeness (QED) is 0.742. The molecule has 74 valence electrons. The number of rotatable bonds is 2. The fourth-order valence-corrected chi connectivity index (χ4v) is 2.11. The maximum absolute atomic E-state index is 13.6. The lowest BCUT2D eigenvalue weighted by Crippen LogP contribution is -1.97. The van der Waals surface area contributed by atoms with Gasteiger partial charge in [-0.1, -0.05) is 0 Å². The number of halogens is 2. The highest BCUT2D eigenvalue weighted by molar-refractivity contribution is 7.17. The first-order valence-electron chi connectivity index (χ1n) is 4.22. The third-order valence-electron chi connectivity index (χ3n) is 1.89. The summed E-state index contributed by atoms with van der Waals surface area (Å²) in [6.07, 6.45) is 0. The van der Waals surface area contributed by atoms with E-state index in [0.717, 1.165) is 0 Å². The van der Waals surface area contributed by atoms with E-state index in [9.17, 15) is 8.78 Å². The molecule has 0 bridgehead atoms. The molecular formula is C10H8F2OS. The van der Waals surface area contributed by atoms with Crippen molar-refractivity contribution in [3.63, 3.8) is 0 Å². The van der Waals surface area contributed by atoms with Crippen LogP contribution in [-0.2, 0) is 0 Å². The Kier molecular flexibility index (Phi) is 2.37. The lowest BCUT2D eigenvalue weighted by molar-refractivity contribution is 0.304. The number of hydrogen-bond acceptors (Lipinski definition) is 2. The minimum Gasteiger partial charge on any atom is -0.488 e. The van der Waals surface area contributed by atoms with E-state index in [1.165, 1.54) is 17.4 Å². The molecule has 1 nitrogen and oxygen atoms in total. The first-order valence-corrected chi connectivity index (χ1v) is 5.10. The molecule has 0 spiro atoms. The molecule has 4 heteroatoms. The van der Waals surface area contributed by atoms with Crippen LogP contribution in [0, 0.1) is 11.6 Å². The molecule has 0 aliphatic heterocycles. The van der Waals surface area contributed by atoms with Gasteiger partial charge in [0, 0.05) is 10.1 Å². The predicted molar refractivity (Wildman–Crippen MR) is 52.9 cm³/mol. The predicted octanol–water partition coefficient (Wildman–Crippen LogP) is 3.58. The normalized spacial score (nSPS) is 10.8. The van der Waals surface area contributed by atoms with E-state index >= 15 is 0 Å². The van der Waals surface area contributed by atoms with E-state index in [4.69, 9.17) is 4.74 Å². The molecule has 0 unspecified atom stereocenters. The molecule has 2 aromatic rings. The van der Waals surface area contributed by atoms with E-state index in [2.05, 4.69) is 0 Å². The Hall–Kier alpha value is -1.16. The summed E-state index contributed by atoms with van der Waals surface area (Å²) < 4.78 is 32.4. The van der Waals surface area contributed by atoms with Gasteiger partial charge in [-0.15, -0.1) is 11.3 Å². The first kappa shape index (κ1) is 9.40. The zero-order chi connectivity index (χ0) is 10.1. The maximum Gasteiger partial charge on any atom is 0.191 e. The molecule has 0 saturated heterocycles. The molecule has 14 heavy (non-hydrogen) atoms. The zero-order valence-corrected chi connectivity index (χ0v) is 8.33. The average molecular weight is 214 g/mol. The Labute approximate surface area is 83.9 Å². The van der Waals surface area contributed by atoms with Crippen molar-refractivity contribution in [3.8, 4) is 5.75 Å². The van der Waals surface area contributed by atoms with Crippen LogP contribution in [0.4, 0.5) is 8.78 Å². The zero-order valence-electron chi connectivity index (χ0n) is 7.51. The van der Waals surface area contributed by atoms with Crippen molar-refractivity contribution in [2.45, 2.75) is 6.92 Å². The Morgan fingerprint density at radius 2 is 2.21 bits per heavy atom. The highest BCUT2D eigenvalue weighted by Gasteiger charge is 2.14. The number of benzene rings is 1. The molecule has 1 aromatic carbocycles. The summed E-state index contributed by atoms with van der Waals surface area (Å²) in [4.78, 5) is 0. The van der Waals surface area contributed by atoms with Crippen molar-refractivity contribution < 1.29 is 13.5 Å². The van der Waals surface area contributed by atoms with E-state index in [1.54, 1.807) is 18.4 Å². The molecule has 0 aliphatic rings. The Balaban J connectivity index is 2.69. The van der Waals surface area contributed by atoms with E-state index in [1.807, 2.05) is 0 Å². The van der Waals surface area contributed by atoms with Gasteiger partial charge < -0.3 is 4.74 Å². The summed E-state index contributed by atoms with van der Waals surface area (Å²) in [5.74, 6) is -1.53. The van der Waals surface area contributed by atoms with Gasteiger partial charge in [0.2, 0.25) is 0 Å². The van der Waals surface area contributed by atoms with Gasteiger partial charge in [-0.25, -0.2) is 8.78 Å². The van der Waals surface area contributed by atoms with Crippen LogP contribution in [0.25, 0.3) is 10.1 Å². The average Bonchev–Trinajstić information content (AvgIpc) is 2.60. The highest BCUT2D eigenvalue weighted by atomic mass is 32.1. The van der Waals surface area contributed by atoms with E-state index < -0.39 is 11.6 Å². The van der Waals surface area contributed by atoms with Crippen LogP contribution in [-0.4, -0.2) is 6.61 Å². The SMILES string of the molecule is CCOc1c(F)cc2sccc2c1F. The molecule has 1 heterocycles. The molecule has 0 N–H and O–H groups in total. The van der Waals surface area contributed by atoms with Crippen molar-refractivity contribution in [1.29, 1.82) is 0 Å². The third-order valence-corrected chi connectivity index (χ3v) is 2.76. The molecule has 0 atom stereocenters. The minimum atomic E-state index is -0.640. The molecule has 0 saturated carbocycles. The van der Waals surface area contributed by atoms with Crippen LogP contribution in [0.3, 0.4) is 0 Å². The van der Waals surface area contributed by atoms with Crippen LogP contribution in [0.15, 0.2) is 17.5 Å². The first-order chi connectivity index (χ1) is 6.74. The number of thiophene rings is 1. The van der Waals surface area contributed by atoms with Gasteiger partial charge in [0.15, 0.2) is 17.4 Å². The fourth-order valence-electron chi connectivity index (χ4n) is 1.30. The highest BCUT2D eigenvalue weighted by Crippen LogP contribution is 2.32. The van der Waals surface area contributed by atoms with Gasteiger partial charge >= 0.3 is 0 Å². The second-order valence-electron chi connectivity index (χ2n) is 2.77. The van der Waals surface area contributed by atoms with E-state index in [0.29, 0.717) is 10.1 Å². The molecule has 0 aliphatic carbocycles. The summed E-state index contributed by atoms with van der Waals surface area (Å²) in [5, 5.41) is 2.14. The smallest absolute Gasteiger partial charge is 0.191 e. The topological polar surface area (TPSA) is 9.23 Å². The van der Waals surface area contributed by atoms with Gasteiger partial charge in [-0.3, -0.25) is 0 Å². The summed E-state index contributed by atoms with van der Waals surface area (Å²) in [7, 11) is 0. The molecule has 0 amide bonds. The number of fused-ring (bicyclic) bond motifs is 1. The van der Waals surface area contributed by atoms with Gasteiger partial charge in [-0.05, 0) is 24.4 Å². The van der Waals surface area contributed by atoms with Crippen LogP contribution in [0.1, 0.15) is 6.92 Å². The monoisotopic (exact) mass is 214 g/mol. The van der Waals surface area contributed by atoms with Gasteiger partial charge in [0.05, 0.1) is 6.61 Å². The molecule has 1 aromatic heterocycles. The van der Waals surface area contributed by atoms with Crippen LogP contribution < -0.4 is 4.74 Å². The second kappa shape index (κ2) is 3.53. The molecule has 0 fully saturated rings. The number of ether oxygens (including phenoxy) is 1. The molecule has 0 radical (unpaired) electrons. The number of hydrogen-bond donors (Lipinski definition) is 0. The van der Waals surface area contributed by atoms with Gasteiger partial charge in [0.1, 0.15) is 0 Å². The van der Waals surface area contributed by atoms with E-state index in [-0.39, 0.29) is 12.4 Å². The maximum atomic E-state index is 13.6. The largest absolute Gasteiger partial charge is 0.488 e. The standard InChI is InChI=1S/C10H8F2OS/c1-2-13-10-7(11)5-8-6(9(10)12)3-4-14-8/h3-5H,2H2,1H3. The van der Waals surface area contributed by atoms with Crippen molar-refractivity contribution in [2.75, 3.05) is 6.61 Å². The van der Waals surface area contributed by atoms with Crippen molar-refractivity contribution >= 4 is 21.4 Å². The fraction of sp³-hybridized carbons (Fsp3) is 0.200. The molecule has 2 rings (SSSR count). The summed E-state index contributed by atoms with van der Waals surface area (Å²) >= 11 is 1.31. The summed E-state index contributed by atoms with van der Waals surface area (Å²) in [6.45, 7) is 1.94. The lowest BCUT2D eigenvalue weighted by Gasteiger charge is -2.06. The van der Waals surface area contributed by atoms with Crippen LogP contribution in [0.2, 0.25) is 0 Å². The lowest BCUT2D eigenvalue weighted by atomic mass is 10.2. The van der Waals surface area contributed by atoms with Gasteiger partial charge in [-0.2, -0.15) is 0 Å². The van der Waals surface area contributed by atoms with Crippen molar-refractivity contribution in [2.24, 2.45) is 0 Å². The Bertz CT molecular complexity index is 464. The molecular weight excluding hydrogens is 206 g/mol. The van der Waals surface area contributed by atoms with Crippen molar-refractivity contribution in [3.05, 3.63) is 29.1 Å². The Morgan fingerprint density at radius 1 is 1.43 bits per heavy atom.